The van der Waals surface area contributed by atoms with Crippen molar-refractivity contribution in [1.82, 2.24) is 0 Å². The minimum Gasteiger partial charge on any atom is -0.463 e. The number of esters is 4. The highest BCUT2D eigenvalue weighted by molar-refractivity contribution is 5.86. The Morgan fingerprint density at radius 3 is 2.24 bits per heavy atom. The van der Waals surface area contributed by atoms with Gasteiger partial charge in [-0.15, -0.1) is 0 Å². The minimum atomic E-state index is -1.83. The van der Waals surface area contributed by atoms with Crippen LogP contribution in [0.5, 0.6) is 0 Å². The number of carbonyl (C=O) groups is 4. The number of rotatable bonds is 6. The Balaban J connectivity index is 1.68. The van der Waals surface area contributed by atoms with Crippen molar-refractivity contribution in [2.45, 2.75) is 69.8 Å². The van der Waals surface area contributed by atoms with Gasteiger partial charge in [0.2, 0.25) is 5.76 Å². The lowest BCUT2D eigenvalue weighted by Gasteiger charge is -2.40. The van der Waals surface area contributed by atoms with Gasteiger partial charge in [0.05, 0.1) is 13.5 Å². The molecule has 0 amide bonds. The van der Waals surface area contributed by atoms with Gasteiger partial charge in [-0.3, -0.25) is 19.1 Å². The first-order valence-electron chi connectivity index (χ1n) is 11.6. The van der Waals surface area contributed by atoms with Gasteiger partial charge in [0.25, 0.3) is 0 Å². The van der Waals surface area contributed by atoms with Crippen LogP contribution in [-0.4, -0.2) is 74.3 Å². The summed E-state index contributed by atoms with van der Waals surface area (Å²) in [5.41, 5.74) is 0.858. The number of hydrogen-bond acceptors (Lipinski definition) is 12. The van der Waals surface area contributed by atoms with Crippen molar-refractivity contribution in [2.24, 2.45) is 0 Å². The van der Waals surface area contributed by atoms with Crippen molar-refractivity contribution in [3.8, 4) is 0 Å². The molecule has 1 unspecified atom stereocenters. The van der Waals surface area contributed by atoms with Crippen LogP contribution in [0.3, 0.4) is 0 Å². The van der Waals surface area contributed by atoms with Gasteiger partial charge in [-0.2, -0.15) is 0 Å². The lowest BCUT2D eigenvalue weighted by atomic mass is 9.92. The summed E-state index contributed by atoms with van der Waals surface area (Å²) in [6, 6.07) is 9.31. The molecule has 7 atom stereocenters. The van der Waals surface area contributed by atoms with Gasteiger partial charge in [-0.1, -0.05) is 30.3 Å². The van der Waals surface area contributed by atoms with Crippen LogP contribution in [-0.2, 0) is 57.1 Å². The van der Waals surface area contributed by atoms with Crippen LogP contribution in [0.4, 0.5) is 0 Å². The summed E-state index contributed by atoms with van der Waals surface area (Å²) in [6.45, 7) is 3.25. The SMILES string of the molecule is COC(=O)C1=CC(c2ccccc2)C[C@]2(O1)O[C@@H]1O[C@H](COC(C)=O)[C@@H](OC(C)=O)[C@H](OC(C)=O)[C@@H]1O2. The number of fused-ring (bicyclic) bond motifs is 1. The fourth-order valence-electron chi connectivity index (χ4n) is 4.53. The fraction of sp³-hybridized carbons (Fsp3) is 0.520. The van der Waals surface area contributed by atoms with Gasteiger partial charge in [-0.25, -0.2) is 4.79 Å². The maximum absolute atomic E-state index is 12.4. The van der Waals surface area contributed by atoms with E-state index < -0.39 is 60.6 Å². The minimum absolute atomic E-state index is 0.105. The molecule has 4 rings (SSSR count). The second kappa shape index (κ2) is 10.9. The monoisotopic (exact) mass is 520 g/mol. The standard InChI is InChI=1S/C25H28O12/c1-13(26)31-12-19-20(32-14(2)27)21(33-15(3)28)22-24(34-19)37-25(36-22)11-17(16-8-6-5-7-9-16)10-18(35-25)23(29)30-4/h5-10,17,19-22,24H,11-12H2,1-4H3/t17?,19-,20-,21+,22+,24+,25-/m1/s1. The molecule has 3 aliphatic heterocycles. The summed E-state index contributed by atoms with van der Waals surface area (Å²) in [4.78, 5) is 47.8. The quantitative estimate of drug-likeness (QED) is 0.396. The number of methoxy groups -OCH3 is 1. The summed E-state index contributed by atoms with van der Waals surface area (Å²) < 4.78 is 44.9. The van der Waals surface area contributed by atoms with Crippen molar-refractivity contribution in [2.75, 3.05) is 13.7 Å². The average Bonchev–Trinajstić information content (AvgIpc) is 3.20. The van der Waals surface area contributed by atoms with Crippen LogP contribution < -0.4 is 0 Å². The smallest absolute Gasteiger partial charge is 0.373 e. The fourth-order valence-corrected chi connectivity index (χ4v) is 4.53. The molecule has 1 aromatic rings. The van der Waals surface area contributed by atoms with E-state index in [1.165, 1.54) is 27.9 Å². The Hall–Kier alpha value is -3.48. The maximum atomic E-state index is 12.4. The molecule has 2 fully saturated rings. The molecule has 37 heavy (non-hydrogen) atoms. The summed E-state index contributed by atoms with van der Waals surface area (Å²) in [7, 11) is 1.21. The summed E-state index contributed by atoms with van der Waals surface area (Å²) in [6.07, 6.45) is -4.04. The van der Waals surface area contributed by atoms with Crippen molar-refractivity contribution < 1.29 is 57.1 Å². The zero-order chi connectivity index (χ0) is 26.7. The predicted molar refractivity (Wildman–Crippen MR) is 120 cm³/mol. The lowest BCUT2D eigenvalue weighted by Crippen LogP contribution is -2.60. The molecule has 200 valence electrons. The highest BCUT2D eigenvalue weighted by atomic mass is 16.9. The molecule has 3 heterocycles. The van der Waals surface area contributed by atoms with Crippen LogP contribution in [0.15, 0.2) is 42.2 Å². The van der Waals surface area contributed by atoms with Gasteiger partial charge in [0.1, 0.15) is 12.7 Å². The first kappa shape index (κ1) is 26.6. The van der Waals surface area contributed by atoms with E-state index in [4.69, 9.17) is 37.9 Å². The Labute approximate surface area is 212 Å². The van der Waals surface area contributed by atoms with Gasteiger partial charge < -0.3 is 33.2 Å². The van der Waals surface area contributed by atoms with Crippen molar-refractivity contribution >= 4 is 23.9 Å². The Kier molecular flexibility index (Phi) is 7.81. The first-order valence-corrected chi connectivity index (χ1v) is 11.6. The second-order valence-electron chi connectivity index (χ2n) is 8.72. The molecule has 0 aliphatic carbocycles. The van der Waals surface area contributed by atoms with E-state index in [0.29, 0.717) is 0 Å². The first-order chi connectivity index (χ1) is 17.6. The van der Waals surface area contributed by atoms with Gasteiger partial charge in [-0.05, 0) is 11.6 Å². The molecular weight excluding hydrogens is 492 g/mol. The summed E-state index contributed by atoms with van der Waals surface area (Å²) in [5.74, 6) is -5.05. The van der Waals surface area contributed by atoms with E-state index >= 15 is 0 Å². The van der Waals surface area contributed by atoms with Crippen LogP contribution >= 0.6 is 0 Å². The van der Waals surface area contributed by atoms with Crippen LogP contribution in [0.2, 0.25) is 0 Å². The zero-order valence-electron chi connectivity index (χ0n) is 20.7. The van der Waals surface area contributed by atoms with E-state index in [0.717, 1.165) is 5.56 Å². The van der Waals surface area contributed by atoms with E-state index in [-0.39, 0.29) is 24.7 Å². The molecule has 1 aromatic carbocycles. The molecule has 0 radical (unpaired) electrons. The number of allylic oxidation sites excluding steroid dienone is 1. The zero-order valence-corrected chi connectivity index (χ0v) is 20.7. The molecule has 2 saturated heterocycles. The average molecular weight is 520 g/mol. The van der Waals surface area contributed by atoms with Gasteiger partial charge >= 0.3 is 29.9 Å². The van der Waals surface area contributed by atoms with E-state index in [2.05, 4.69) is 0 Å². The molecule has 0 bridgehead atoms. The number of ether oxygens (including phenoxy) is 8. The van der Waals surface area contributed by atoms with Crippen LogP contribution in [0.1, 0.15) is 38.7 Å². The van der Waals surface area contributed by atoms with Crippen LogP contribution in [0, 0.1) is 0 Å². The molecular formula is C25H28O12. The Bertz CT molecular complexity index is 1070. The van der Waals surface area contributed by atoms with E-state index in [1.807, 2.05) is 30.3 Å². The third-order valence-electron chi connectivity index (χ3n) is 5.96. The van der Waals surface area contributed by atoms with E-state index in [9.17, 15) is 19.2 Å². The maximum Gasteiger partial charge on any atom is 0.373 e. The number of benzene rings is 1. The third-order valence-corrected chi connectivity index (χ3v) is 5.96. The molecule has 3 aliphatic rings. The molecule has 12 nitrogen and oxygen atoms in total. The van der Waals surface area contributed by atoms with Crippen molar-refractivity contribution in [3.63, 3.8) is 0 Å². The van der Waals surface area contributed by atoms with Gasteiger partial charge in [0.15, 0.2) is 24.6 Å². The third kappa shape index (κ3) is 5.92. The predicted octanol–water partition coefficient (Wildman–Crippen LogP) is 1.47. The molecule has 0 N–H and O–H groups in total. The normalized spacial score (nSPS) is 32.4. The molecule has 0 saturated carbocycles. The Morgan fingerprint density at radius 2 is 1.62 bits per heavy atom. The lowest BCUT2D eigenvalue weighted by molar-refractivity contribution is -0.348. The Morgan fingerprint density at radius 1 is 0.946 bits per heavy atom. The molecule has 0 aromatic heterocycles. The second-order valence-corrected chi connectivity index (χ2v) is 8.72. The van der Waals surface area contributed by atoms with Gasteiger partial charge in [0, 0.05) is 26.7 Å². The summed E-state index contributed by atoms with van der Waals surface area (Å²) >= 11 is 0. The van der Waals surface area contributed by atoms with Crippen molar-refractivity contribution in [3.05, 3.63) is 47.7 Å². The number of hydrogen-bond donors (Lipinski definition) is 0. The molecule has 12 heteroatoms. The van der Waals surface area contributed by atoms with E-state index in [1.54, 1.807) is 6.08 Å². The number of carbonyl (C=O) groups excluding carboxylic acids is 4. The highest BCUT2D eigenvalue weighted by Crippen LogP contribution is 2.47. The summed E-state index contributed by atoms with van der Waals surface area (Å²) in [5, 5.41) is 0. The largest absolute Gasteiger partial charge is 0.463 e. The highest BCUT2D eigenvalue weighted by Gasteiger charge is 2.63. The molecule has 1 spiro atoms. The van der Waals surface area contributed by atoms with Crippen LogP contribution in [0.25, 0.3) is 0 Å². The van der Waals surface area contributed by atoms with Crippen molar-refractivity contribution in [1.29, 1.82) is 0 Å². The topological polar surface area (TPSA) is 142 Å².